The molecule has 0 aliphatic carbocycles. The van der Waals surface area contributed by atoms with Gasteiger partial charge in [0.2, 0.25) is 5.91 Å². The molecule has 0 unspecified atom stereocenters. The summed E-state index contributed by atoms with van der Waals surface area (Å²) in [5.41, 5.74) is 13.1. The largest absolute Gasteiger partial charge is 0.397 e. The Hall–Kier alpha value is -1.36. The van der Waals surface area contributed by atoms with Crippen LogP contribution in [0.3, 0.4) is 0 Å². The molecule has 17 heavy (non-hydrogen) atoms. The van der Waals surface area contributed by atoms with Gasteiger partial charge in [-0.25, -0.2) is 0 Å². The van der Waals surface area contributed by atoms with Crippen LogP contribution in [0, 0.1) is 0 Å². The van der Waals surface area contributed by atoms with Crippen molar-refractivity contribution in [3.8, 4) is 0 Å². The number of carbonyl (C=O) groups excluding carboxylic acids is 1. The van der Waals surface area contributed by atoms with Gasteiger partial charge in [0, 0.05) is 11.6 Å². The Kier molecular flexibility index (Phi) is 3.78. The molecule has 4 nitrogen and oxygen atoms in total. The number of anilines is 2. The minimum atomic E-state index is -0.424. The van der Waals surface area contributed by atoms with E-state index in [9.17, 15) is 4.79 Å². The van der Waals surface area contributed by atoms with Gasteiger partial charge in [-0.15, -0.1) is 0 Å². The van der Waals surface area contributed by atoms with E-state index in [2.05, 4.69) is 5.32 Å². The number of benzene rings is 1. The number of carbonyl (C=O) groups is 1. The topological polar surface area (TPSA) is 81.1 Å². The molecule has 2 rings (SSSR count). The van der Waals surface area contributed by atoms with Gasteiger partial charge in [-0.3, -0.25) is 4.79 Å². The van der Waals surface area contributed by atoms with Crippen LogP contribution >= 0.6 is 11.8 Å². The second kappa shape index (κ2) is 5.31. The molecule has 5 N–H and O–H groups in total. The summed E-state index contributed by atoms with van der Waals surface area (Å²) in [7, 11) is 0. The van der Waals surface area contributed by atoms with E-state index in [0.717, 1.165) is 18.5 Å². The van der Waals surface area contributed by atoms with Gasteiger partial charge < -0.3 is 16.8 Å². The van der Waals surface area contributed by atoms with Crippen LogP contribution in [-0.4, -0.2) is 23.5 Å². The first-order valence-electron chi connectivity index (χ1n) is 5.70. The van der Waals surface area contributed by atoms with E-state index < -0.39 is 5.91 Å². The quantitative estimate of drug-likeness (QED) is 0.714. The number of hydrogen-bond acceptors (Lipinski definition) is 4. The fourth-order valence-corrected chi connectivity index (χ4v) is 3.00. The summed E-state index contributed by atoms with van der Waals surface area (Å²) in [6, 6.07) is 5.56. The molecule has 1 aromatic carbocycles. The second-order valence-electron chi connectivity index (χ2n) is 4.20. The van der Waals surface area contributed by atoms with Crippen molar-refractivity contribution in [2.45, 2.75) is 18.9 Å². The van der Waals surface area contributed by atoms with Gasteiger partial charge >= 0.3 is 0 Å². The summed E-state index contributed by atoms with van der Waals surface area (Å²) >= 11 is 1.98. The lowest BCUT2D eigenvalue weighted by molar-refractivity contribution is 0.100. The monoisotopic (exact) mass is 251 g/mol. The number of nitrogens with two attached hydrogens (primary N) is 2. The molecule has 0 saturated carbocycles. The van der Waals surface area contributed by atoms with Crippen LogP contribution < -0.4 is 16.8 Å². The van der Waals surface area contributed by atoms with E-state index in [-0.39, 0.29) is 0 Å². The molecule has 1 saturated heterocycles. The van der Waals surface area contributed by atoms with E-state index in [4.69, 9.17) is 11.5 Å². The molecule has 1 amide bonds. The first-order valence-corrected chi connectivity index (χ1v) is 6.86. The van der Waals surface area contributed by atoms with Crippen LogP contribution in [0.25, 0.3) is 0 Å². The van der Waals surface area contributed by atoms with E-state index >= 15 is 0 Å². The number of rotatable bonds is 3. The van der Waals surface area contributed by atoms with Crippen molar-refractivity contribution in [2.75, 3.05) is 22.6 Å². The van der Waals surface area contributed by atoms with Crippen molar-refractivity contribution in [3.63, 3.8) is 0 Å². The van der Waals surface area contributed by atoms with Gasteiger partial charge in [0.25, 0.3) is 0 Å². The predicted octanol–water partition coefficient (Wildman–Crippen LogP) is 1.68. The van der Waals surface area contributed by atoms with Crippen LogP contribution in [-0.2, 0) is 0 Å². The van der Waals surface area contributed by atoms with Crippen LogP contribution in [0.2, 0.25) is 0 Å². The van der Waals surface area contributed by atoms with Gasteiger partial charge in [0.05, 0.1) is 11.4 Å². The summed E-state index contributed by atoms with van der Waals surface area (Å²) in [6.07, 6.45) is 2.26. The summed E-state index contributed by atoms with van der Waals surface area (Å²) < 4.78 is 0. The van der Waals surface area contributed by atoms with Crippen LogP contribution in [0.4, 0.5) is 11.4 Å². The van der Waals surface area contributed by atoms with Crippen LogP contribution in [0.5, 0.6) is 0 Å². The van der Waals surface area contributed by atoms with Crippen molar-refractivity contribution >= 4 is 29.0 Å². The molecule has 1 aromatic rings. The van der Waals surface area contributed by atoms with Crippen molar-refractivity contribution in [3.05, 3.63) is 23.8 Å². The molecule has 0 radical (unpaired) electrons. The number of hydrogen-bond donors (Lipinski definition) is 3. The fourth-order valence-electron chi connectivity index (χ4n) is 1.90. The molecule has 1 aliphatic rings. The standard InChI is InChI=1S/C12H17N3OS/c13-10-2-1-8(12(14)16)7-11(10)15-9-3-5-17-6-4-9/h1-2,7,9,15H,3-6,13H2,(H2,14,16). The molecule has 1 heterocycles. The average molecular weight is 251 g/mol. The lowest BCUT2D eigenvalue weighted by atomic mass is 10.1. The van der Waals surface area contributed by atoms with E-state index in [1.807, 2.05) is 11.8 Å². The third-order valence-electron chi connectivity index (χ3n) is 2.92. The highest BCUT2D eigenvalue weighted by atomic mass is 32.2. The summed E-state index contributed by atoms with van der Waals surface area (Å²) in [5, 5.41) is 3.40. The van der Waals surface area contributed by atoms with Gasteiger partial charge in [-0.2, -0.15) is 11.8 Å². The van der Waals surface area contributed by atoms with E-state index in [1.54, 1.807) is 18.2 Å². The average Bonchev–Trinajstić information content (AvgIpc) is 2.33. The van der Waals surface area contributed by atoms with Crippen molar-refractivity contribution in [1.82, 2.24) is 0 Å². The Bertz CT molecular complexity index is 416. The van der Waals surface area contributed by atoms with Gasteiger partial charge in [0.1, 0.15) is 0 Å². The SMILES string of the molecule is NC(=O)c1ccc(N)c(NC2CCSCC2)c1. The van der Waals surface area contributed by atoms with Gasteiger partial charge in [0.15, 0.2) is 0 Å². The highest BCUT2D eigenvalue weighted by molar-refractivity contribution is 7.99. The number of nitrogen functional groups attached to an aromatic ring is 1. The smallest absolute Gasteiger partial charge is 0.248 e. The molecule has 0 spiro atoms. The number of thioether (sulfide) groups is 1. The second-order valence-corrected chi connectivity index (χ2v) is 5.42. The Balaban J connectivity index is 2.13. The molecule has 1 fully saturated rings. The Morgan fingerprint density at radius 1 is 1.35 bits per heavy atom. The zero-order valence-corrected chi connectivity index (χ0v) is 10.4. The Labute approximate surface area is 105 Å². The molecule has 1 aliphatic heterocycles. The first-order chi connectivity index (χ1) is 8.16. The van der Waals surface area contributed by atoms with Crippen molar-refractivity contribution in [2.24, 2.45) is 5.73 Å². The Morgan fingerprint density at radius 2 is 2.06 bits per heavy atom. The molecule has 92 valence electrons. The molecular weight excluding hydrogens is 234 g/mol. The van der Waals surface area contributed by atoms with Crippen molar-refractivity contribution < 1.29 is 4.79 Å². The highest BCUT2D eigenvalue weighted by Gasteiger charge is 2.15. The Morgan fingerprint density at radius 3 is 2.71 bits per heavy atom. The molecule has 0 atom stereocenters. The van der Waals surface area contributed by atoms with Crippen molar-refractivity contribution in [1.29, 1.82) is 0 Å². The van der Waals surface area contributed by atoms with E-state index in [1.165, 1.54) is 11.5 Å². The first kappa shape index (κ1) is 12.1. The van der Waals surface area contributed by atoms with Crippen LogP contribution in [0.1, 0.15) is 23.2 Å². The zero-order valence-electron chi connectivity index (χ0n) is 9.61. The maximum Gasteiger partial charge on any atom is 0.248 e. The minimum Gasteiger partial charge on any atom is -0.397 e. The summed E-state index contributed by atoms with van der Waals surface area (Å²) in [4.78, 5) is 11.1. The summed E-state index contributed by atoms with van der Waals surface area (Å²) in [5.74, 6) is 1.92. The van der Waals surface area contributed by atoms with E-state index in [0.29, 0.717) is 17.3 Å². The molecular formula is C12H17N3OS. The lowest BCUT2D eigenvalue weighted by Gasteiger charge is -2.24. The number of primary amides is 1. The number of nitrogens with one attached hydrogen (secondary N) is 1. The fraction of sp³-hybridized carbons (Fsp3) is 0.417. The normalized spacial score (nSPS) is 16.7. The molecule has 0 bridgehead atoms. The number of amides is 1. The third-order valence-corrected chi connectivity index (χ3v) is 3.97. The lowest BCUT2D eigenvalue weighted by Crippen LogP contribution is -2.25. The van der Waals surface area contributed by atoms with Gasteiger partial charge in [-0.05, 0) is 42.5 Å². The predicted molar refractivity (Wildman–Crippen MR) is 73.3 cm³/mol. The maximum absolute atomic E-state index is 11.1. The highest BCUT2D eigenvalue weighted by Crippen LogP contribution is 2.25. The summed E-state index contributed by atoms with van der Waals surface area (Å²) in [6.45, 7) is 0. The van der Waals surface area contributed by atoms with Gasteiger partial charge in [-0.1, -0.05) is 0 Å². The third kappa shape index (κ3) is 3.06. The zero-order chi connectivity index (χ0) is 12.3. The van der Waals surface area contributed by atoms with Crippen LogP contribution in [0.15, 0.2) is 18.2 Å². The molecule has 0 aromatic heterocycles. The maximum atomic E-state index is 11.1. The minimum absolute atomic E-state index is 0.424. The molecule has 5 heteroatoms.